The van der Waals surface area contributed by atoms with Crippen molar-refractivity contribution >= 4 is 47.8 Å². The number of nitrogens with two attached hydrogens (primary N) is 1. The first kappa shape index (κ1) is 22.1. The van der Waals surface area contributed by atoms with Crippen molar-refractivity contribution in [1.29, 1.82) is 0 Å². The topological polar surface area (TPSA) is 58.4 Å². The molecule has 0 heterocycles. The molecule has 0 radical (unpaired) electrons. The van der Waals surface area contributed by atoms with Crippen molar-refractivity contribution in [3.05, 3.63) is 53.6 Å². The molecule has 0 aliphatic carbocycles. The first-order valence-electron chi connectivity index (χ1n) is 7.39. The van der Waals surface area contributed by atoms with E-state index in [9.17, 15) is 4.79 Å². The Morgan fingerprint density at radius 3 is 2.42 bits per heavy atom. The van der Waals surface area contributed by atoms with E-state index in [0.29, 0.717) is 17.3 Å². The number of aryl methyl sites for hydroxylation is 1. The zero-order valence-electron chi connectivity index (χ0n) is 14.4. The third-order valence-corrected chi connectivity index (χ3v) is 3.79. The van der Waals surface area contributed by atoms with Gasteiger partial charge in [-0.15, -0.1) is 24.8 Å². The van der Waals surface area contributed by atoms with Crippen molar-refractivity contribution in [2.45, 2.75) is 26.8 Å². The van der Waals surface area contributed by atoms with E-state index in [1.807, 2.05) is 44.3 Å². The quantitative estimate of drug-likeness (QED) is 0.778. The second-order valence-electron chi connectivity index (χ2n) is 5.78. The number of carbonyl (C=O) groups excluding carboxylic acids is 1. The van der Waals surface area contributed by atoms with Crippen LogP contribution in [0.15, 0.2) is 42.5 Å². The average molecular weight is 370 g/mol. The molecule has 0 saturated heterocycles. The van der Waals surface area contributed by atoms with Crippen LogP contribution < -0.4 is 16.0 Å². The van der Waals surface area contributed by atoms with Gasteiger partial charge in [0.1, 0.15) is 0 Å². The monoisotopic (exact) mass is 369 g/mol. The molecule has 6 heteroatoms. The summed E-state index contributed by atoms with van der Waals surface area (Å²) < 4.78 is 0. The van der Waals surface area contributed by atoms with Crippen LogP contribution in [0, 0.1) is 6.92 Å². The molecule has 0 unspecified atom stereocenters. The molecule has 2 aromatic carbocycles. The lowest BCUT2D eigenvalue weighted by Crippen LogP contribution is -2.25. The Morgan fingerprint density at radius 1 is 1.12 bits per heavy atom. The predicted molar refractivity (Wildman–Crippen MR) is 108 cm³/mol. The molecule has 0 spiro atoms. The normalized spacial score (nSPS) is 9.71. The summed E-state index contributed by atoms with van der Waals surface area (Å²) in [6.07, 6.45) is 0. The van der Waals surface area contributed by atoms with Crippen LogP contribution in [0.1, 0.15) is 29.8 Å². The van der Waals surface area contributed by atoms with E-state index in [4.69, 9.17) is 5.73 Å². The SMILES string of the molecule is Cc1ccc(N)cc1C(=O)Nc1cccc(N(C)C(C)C)c1.Cl.Cl. The van der Waals surface area contributed by atoms with E-state index >= 15 is 0 Å². The number of hydrogen-bond donors (Lipinski definition) is 2. The highest BCUT2D eigenvalue weighted by atomic mass is 35.5. The second kappa shape index (κ2) is 9.40. The van der Waals surface area contributed by atoms with Crippen LogP contribution in [-0.4, -0.2) is 19.0 Å². The zero-order chi connectivity index (χ0) is 16.3. The summed E-state index contributed by atoms with van der Waals surface area (Å²) >= 11 is 0. The zero-order valence-corrected chi connectivity index (χ0v) is 16.0. The number of rotatable bonds is 4. The molecular weight excluding hydrogens is 345 g/mol. The molecule has 3 N–H and O–H groups in total. The summed E-state index contributed by atoms with van der Waals surface area (Å²) in [5.41, 5.74) is 9.70. The Hall–Kier alpha value is -1.91. The van der Waals surface area contributed by atoms with Gasteiger partial charge in [0.2, 0.25) is 0 Å². The fourth-order valence-corrected chi connectivity index (χ4v) is 2.18. The van der Waals surface area contributed by atoms with Gasteiger partial charge >= 0.3 is 0 Å². The van der Waals surface area contributed by atoms with Gasteiger partial charge in [0, 0.05) is 35.7 Å². The summed E-state index contributed by atoms with van der Waals surface area (Å²) in [5, 5.41) is 2.94. The van der Waals surface area contributed by atoms with Crippen LogP contribution in [0.25, 0.3) is 0 Å². The van der Waals surface area contributed by atoms with Gasteiger partial charge in [-0.2, -0.15) is 0 Å². The minimum atomic E-state index is -0.144. The van der Waals surface area contributed by atoms with Gasteiger partial charge in [-0.05, 0) is 56.7 Å². The molecule has 0 fully saturated rings. The van der Waals surface area contributed by atoms with Crippen molar-refractivity contribution in [1.82, 2.24) is 0 Å². The Balaban J connectivity index is 0.00000264. The molecule has 0 atom stereocenters. The third kappa shape index (κ3) is 5.32. The minimum Gasteiger partial charge on any atom is -0.399 e. The van der Waals surface area contributed by atoms with Crippen molar-refractivity contribution in [2.24, 2.45) is 0 Å². The number of nitrogens with zero attached hydrogens (tertiary/aromatic N) is 1. The molecule has 0 aliphatic heterocycles. The predicted octanol–water partition coefficient (Wildman–Crippen LogP) is 4.52. The number of halogens is 2. The summed E-state index contributed by atoms with van der Waals surface area (Å²) in [7, 11) is 2.04. The highest BCUT2D eigenvalue weighted by Crippen LogP contribution is 2.21. The number of amides is 1. The van der Waals surface area contributed by atoms with Crippen LogP contribution in [0.4, 0.5) is 17.1 Å². The van der Waals surface area contributed by atoms with Crippen molar-refractivity contribution < 1.29 is 4.79 Å². The summed E-state index contributed by atoms with van der Waals surface area (Å²) in [5.74, 6) is -0.144. The lowest BCUT2D eigenvalue weighted by molar-refractivity contribution is 0.102. The summed E-state index contributed by atoms with van der Waals surface area (Å²) in [6.45, 7) is 6.15. The maximum absolute atomic E-state index is 12.4. The van der Waals surface area contributed by atoms with Gasteiger partial charge in [0.05, 0.1) is 0 Å². The molecule has 1 amide bonds. The van der Waals surface area contributed by atoms with Gasteiger partial charge < -0.3 is 16.0 Å². The standard InChI is InChI=1S/C18H23N3O.2ClH/c1-12(2)21(4)16-7-5-6-15(11-16)20-18(22)17-10-14(19)9-8-13(17)3;;/h5-12H,19H2,1-4H3,(H,20,22);2*1H. The molecule has 132 valence electrons. The van der Waals surface area contributed by atoms with Gasteiger partial charge in [0.25, 0.3) is 5.91 Å². The van der Waals surface area contributed by atoms with Gasteiger partial charge in [-0.1, -0.05) is 12.1 Å². The van der Waals surface area contributed by atoms with E-state index in [2.05, 4.69) is 24.1 Å². The third-order valence-electron chi connectivity index (χ3n) is 3.79. The largest absolute Gasteiger partial charge is 0.399 e. The van der Waals surface area contributed by atoms with E-state index < -0.39 is 0 Å². The second-order valence-corrected chi connectivity index (χ2v) is 5.78. The van der Waals surface area contributed by atoms with E-state index in [1.54, 1.807) is 12.1 Å². The molecule has 24 heavy (non-hydrogen) atoms. The Kier molecular flexibility index (Phi) is 8.65. The van der Waals surface area contributed by atoms with E-state index in [-0.39, 0.29) is 30.7 Å². The van der Waals surface area contributed by atoms with Gasteiger partial charge in [-0.3, -0.25) is 4.79 Å². The number of carbonyl (C=O) groups is 1. The Morgan fingerprint density at radius 2 is 1.79 bits per heavy atom. The number of benzene rings is 2. The van der Waals surface area contributed by atoms with Crippen molar-refractivity contribution in [3.63, 3.8) is 0 Å². The fourth-order valence-electron chi connectivity index (χ4n) is 2.18. The number of nitrogen functional groups attached to an aromatic ring is 1. The maximum Gasteiger partial charge on any atom is 0.256 e. The average Bonchev–Trinajstić information content (AvgIpc) is 2.49. The Bertz CT molecular complexity index is 690. The first-order chi connectivity index (χ1) is 10.4. The highest BCUT2D eigenvalue weighted by Gasteiger charge is 2.11. The molecule has 0 bridgehead atoms. The maximum atomic E-state index is 12.4. The van der Waals surface area contributed by atoms with Crippen LogP contribution >= 0.6 is 24.8 Å². The molecule has 0 aromatic heterocycles. The van der Waals surface area contributed by atoms with Crippen LogP contribution in [0.5, 0.6) is 0 Å². The van der Waals surface area contributed by atoms with E-state index in [1.165, 1.54) is 0 Å². The fraction of sp³-hybridized carbons (Fsp3) is 0.278. The number of nitrogens with one attached hydrogen (secondary N) is 1. The summed E-state index contributed by atoms with van der Waals surface area (Å²) in [6, 6.07) is 13.6. The molecule has 0 aliphatic rings. The van der Waals surface area contributed by atoms with Crippen LogP contribution in [0.2, 0.25) is 0 Å². The molecule has 0 saturated carbocycles. The first-order valence-corrected chi connectivity index (χ1v) is 7.39. The van der Waals surface area contributed by atoms with Crippen molar-refractivity contribution in [3.8, 4) is 0 Å². The molecule has 2 aromatic rings. The lowest BCUT2D eigenvalue weighted by Gasteiger charge is -2.24. The van der Waals surface area contributed by atoms with Gasteiger partial charge in [-0.25, -0.2) is 0 Å². The number of hydrogen-bond acceptors (Lipinski definition) is 3. The van der Waals surface area contributed by atoms with Crippen LogP contribution in [0.3, 0.4) is 0 Å². The molecular formula is C18H25Cl2N3O. The molecule has 2 rings (SSSR count). The minimum absolute atomic E-state index is 0. The Labute approximate surface area is 156 Å². The van der Waals surface area contributed by atoms with Crippen LogP contribution in [-0.2, 0) is 0 Å². The van der Waals surface area contributed by atoms with Gasteiger partial charge in [0.15, 0.2) is 0 Å². The molecule has 4 nitrogen and oxygen atoms in total. The van der Waals surface area contributed by atoms with E-state index in [0.717, 1.165) is 16.9 Å². The van der Waals surface area contributed by atoms with Crippen molar-refractivity contribution in [2.75, 3.05) is 23.0 Å². The summed E-state index contributed by atoms with van der Waals surface area (Å²) in [4.78, 5) is 14.6. The highest BCUT2D eigenvalue weighted by molar-refractivity contribution is 6.06. The number of anilines is 3. The lowest BCUT2D eigenvalue weighted by atomic mass is 10.1. The smallest absolute Gasteiger partial charge is 0.256 e.